The van der Waals surface area contributed by atoms with E-state index in [9.17, 15) is 5.11 Å². The van der Waals surface area contributed by atoms with Gasteiger partial charge in [0, 0.05) is 15.1 Å². The molecule has 80 valence electrons. The first kappa shape index (κ1) is 10.0. The van der Waals surface area contributed by atoms with Crippen LogP contribution < -0.4 is 0 Å². The maximum absolute atomic E-state index is 10.3. The fourth-order valence-corrected chi connectivity index (χ4v) is 3.50. The van der Waals surface area contributed by atoms with Gasteiger partial charge >= 0.3 is 0 Å². The topological polar surface area (TPSA) is 20.2 Å². The summed E-state index contributed by atoms with van der Waals surface area (Å²) in [4.78, 5) is 1.00. The quantitative estimate of drug-likeness (QED) is 0.723. The highest BCUT2D eigenvalue weighted by Crippen LogP contribution is 2.33. The van der Waals surface area contributed by atoms with Gasteiger partial charge in [-0.3, -0.25) is 0 Å². The lowest BCUT2D eigenvalue weighted by Crippen LogP contribution is -1.96. The lowest BCUT2D eigenvalue weighted by molar-refractivity contribution is 0.226. The fourth-order valence-electron chi connectivity index (χ4n) is 1.83. The summed E-state index contributed by atoms with van der Waals surface area (Å²) in [6, 6.07) is 12.1. The van der Waals surface area contributed by atoms with Crippen molar-refractivity contribution in [3.05, 3.63) is 57.6 Å². The minimum atomic E-state index is -0.498. The molecule has 16 heavy (non-hydrogen) atoms. The molecule has 0 aliphatic carbocycles. The van der Waals surface area contributed by atoms with Crippen molar-refractivity contribution < 1.29 is 5.11 Å². The second-order valence-electron chi connectivity index (χ2n) is 3.60. The van der Waals surface area contributed by atoms with Crippen LogP contribution in [0, 0.1) is 0 Å². The summed E-state index contributed by atoms with van der Waals surface area (Å²) in [6.07, 6.45) is -0.498. The molecule has 0 saturated carbocycles. The zero-order chi connectivity index (χ0) is 11.0. The number of rotatable bonds is 2. The predicted octanol–water partition coefficient (Wildman–Crippen LogP) is 4.04. The van der Waals surface area contributed by atoms with Crippen LogP contribution in [0.15, 0.2) is 47.2 Å². The summed E-state index contributed by atoms with van der Waals surface area (Å²) in [5, 5.41) is 15.6. The Labute approximate surface area is 102 Å². The van der Waals surface area contributed by atoms with Gasteiger partial charge in [-0.2, -0.15) is 0 Å². The van der Waals surface area contributed by atoms with Gasteiger partial charge in [-0.1, -0.05) is 24.3 Å². The van der Waals surface area contributed by atoms with Gasteiger partial charge in [0.15, 0.2) is 0 Å². The molecule has 1 N–H and O–H groups in total. The van der Waals surface area contributed by atoms with Gasteiger partial charge in [0.1, 0.15) is 6.10 Å². The molecule has 1 aromatic carbocycles. The molecule has 0 radical (unpaired) electrons. The third-order valence-electron chi connectivity index (χ3n) is 2.62. The summed E-state index contributed by atoms with van der Waals surface area (Å²) < 4.78 is 1.18. The lowest BCUT2D eigenvalue weighted by Gasteiger charge is -2.09. The molecular formula is C13H10OS2. The van der Waals surface area contributed by atoms with Gasteiger partial charge in [-0.25, -0.2) is 0 Å². The average Bonchev–Trinajstić information content (AvgIpc) is 2.98. The van der Waals surface area contributed by atoms with Gasteiger partial charge in [0.2, 0.25) is 0 Å². The van der Waals surface area contributed by atoms with Gasteiger partial charge in [0.05, 0.1) is 0 Å². The van der Waals surface area contributed by atoms with Crippen molar-refractivity contribution in [2.45, 2.75) is 6.10 Å². The Morgan fingerprint density at radius 3 is 2.69 bits per heavy atom. The largest absolute Gasteiger partial charge is 0.383 e. The Balaban J connectivity index is 2.15. The van der Waals surface area contributed by atoms with Crippen molar-refractivity contribution in [3.8, 4) is 0 Å². The van der Waals surface area contributed by atoms with E-state index in [1.165, 1.54) is 10.1 Å². The minimum absolute atomic E-state index is 0.498. The molecule has 0 bridgehead atoms. The zero-order valence-corrected chi connectivity index (χ0v) is 10.1. The number of aliphatic hydroxyl groups is 1. The molecule has 0 aliphatic heterocycles. The smallest absolute Gasteiger partial charge is 0.115 e. The lowest BCUT2D eigenvalue weighted by atomic mass is 10.1. The second-order valence-corrected chi connectivity index (χ2v) is 5.50. The van der Waals surface area contributed by atoms with E-state index in [-0.39, 0.29) is 0 Å². The Kier molecular flexibility index (Phi) is 2.52. The molecule has 2 aromatic heterocycles. The number of aliphatic hydroxyl groups excluding tert-OH is 1. The molecule has 3 heteroatoms. The van der Waals surface area contributed by atoms with Crippen molar-refractivity contribution in [2.24, 2.45) is 0 Å². The number of hydrogen-bond acceptors (Lipinski definition) is 3. The van der Waals surface area contributed by atoms with Gasteiger partial charge in [0.25, 0.3) is 0 Å². The van der Waals surface area contributed by atoms with Crippen LogP contribution in [0.25, 0.3) is 10.1 Å². The number of hydrogen-bond donors (Lipinski definition) is 1. The maximum atomic E-state index is 10.3. The van der Waals surface area contributed by atoms with Crippen LogP contribution in [-0.4, -0.2) is 5.11 Å². The fraction of sp³-hybridized carbons (Fsp3) is 0.0769. The highest BCUT2D eigenvalue weighted by molar-refractivity contribution is 7.17. The maximum Gasteiger partial charge on any atom is 0.115 e. The minimum Gasteiger partial charge on any atom is -0.383 e. The van der Waals surface area contributed by atoms with Crippen LogP contribution >= 0.6 is 22.7 Å². The van der Waals surface area contributed by atoms with Gasteiger partial charge < -0.3 is 5.11 Å². The number of benzene rings is 1. The Morgan fingerprint density at radius 2 is 1.88 bits per heavy atom. The van der Waals surface area contributed by atoms with Crippen LogP contribution in [0.3, 0.4) is 0 Å². The van der Waals surface area contributed by atoms with E-state index in [1.54, 1.807) is 22.7 Å². The third kappa shape index (κ3) is 1.57. The molecule has 1 atom stereocenters. The molecule has 0 spiro atoms. The monoisotopic (exact) mass is 246 g/mol. The molecule has 3 aromatic rings. The Bertz CT molecular complexity index is 595. The first-order chi connectivity index (χ1) is 7.86. The molecule has 0 saturated heterocycles. The SMILES string of the molecule is OC(c1cccs1)c1cccc2ccsc12. The molecule has 1 unspecified atom stereocenters. The van der Waals surface area contributed by atoms with Crippen LogP contribution in [0.1, 0.15) is 16.5 Å². The number of fused-ring (bicyclic) bond motifs is 1. The molecule has 0 fully saturated rings. The Morgan fingerprint density at radius 1 is 0.938 bits per heavy atom. The third-order valence-corrected chi connectivity index (χ3v) is 4.52. The first-order valence-corrected chi connectivity index (χ1v) is 6.80. The van der Waals surface area contributed by atoms with Crippen molar-refractivity contribution in [1.29, 1.82) is 0 Å². The van der Waals surface area contributed by atoms with E-state index in [2.05, 4.69) is 17.5 Å². The van der Waals surface area contributed by atoms with Crippen molar-refractivity contribution in [1.82, 2.24) is 0 Å². The first-order valence-electron chi connectivity index (χ1n) is 5.04. The molecule has 3 rings (SSSR count). The highest BCUT2D eigenvalue weighted by Gasteiger charge is 2.14. The van der Waals surface area contributed by atoms with Gasteiger partial charge in [-0.05, 0) is 28.3 Å². The summed E-state index contributed by atoms with van der Waals surface area (Å²) in [6.45, 7) is 0. The summed E-state index contributed by atoms with van der Waals surface area (Å²) in [7, 11) is 0. The summed E-state index contributed by atoms with van der Waals surface area (Å²) in [5.41, 5.74) is 1.01. The van der Waals surface area contributed by atoms with Crippen molar-refractivity contribution in [2.75, 3.05) is 0 Å². The molecule has 2 heterocycles. The van der Waals surface area contributed by atoms with Crippen LogP contribution in [0.5, 0.6) is 0 Å². The predicted molar refractivity (Wildman–Crippen MR) is 70.2 cm³/mol. The van der Waals surface area contributed by atoms with Crippen LogP contribution in [0.4, 0.5) is 0 Å². The summed E-state index contributed by atoms with van der Waals surface area (Å²) in [5.74, 6) is 0. The Hall–Kier alpha value is -1.16. The summed E-state index contributed by atoms with van der Waals surface area (Å²) >= 11 is 3.28. The zero-order valence-electron chi connectivity index (χ0n) is 8.46. The van der Waals surface area contributed by atoms with E-state index in [0.717, 1.165) is 10.4 Å². The average molecular weight is 246 g/mol. The van der Waals surface area contributed by atoms with Crippen molar-refractivity contribution >= 4 is 32.8 Å². The van der Waals surface area contributed by atoms with Crippen molar-refractivity contribution in [3.63, 3.8) is 0 Å². The van der Waals surface area contributed by atoms with Crippen LogP contribution in [-0.2, 0) is 0 Å². The van der Waals surface area contributed by atoms with Crippen LogP contribution in [0.2, 0.25) is 0 Å². The normalized spacial score (nSPS) is 13.1. The van der Waals surface area contributed by atoms with Gasteiger partial charge in [-0.15, -0.1) is 22.7 Å². The molecular weight excluding hydrogens is 236 g/mol. The van der Waals surface area contributed by atoms with E-state index in [4.69, 9.17) is 0 Å². The molecule has 0 amide bonds. The standard InChI is InChI=1S/C13H10OS2/c14-12(11-5-2-7-15-11)10-4-1-3-9-6-8-16-13(9)10/h1-8,12,14H. The van der Waals surface area contributed by atoms with E-state index in [0.29, 0.717) is 0 Å². The highest BCUT2D eigenvalue weighted by atomic mass is 32.1. The van der Waals surface area contributed by atoms with E-state index in [1.807, 2.05) is 29.6 Å². The number of thiophene rings is 2. The van der Waals surface area contributed by atoms with E-state index >= 15 is 0 Å². The molecule has 1 nitrogen and oxygen atoms in total. The molecule has 0 aliphatic rings. The second kappa shape index (κ2) is 4.01. The van der Waals surface area contributed by atoms with E-state index < -0.39 is 6.10 Å².